The number of anilines is 2. The smallest absolute Gasteiger partial charge is 0.264 e. The molecule has 10 heteroatoms. The van der Waals surface area contributed by atoms with Crippen molar-refractivity contribution >= 4 is 42.4 Å². The van der Waals surface area contributed by atoms with Gasteiger partial charge in [-0.15, -0.1) is 0 Å². The molecule has 0 aliphatic carbocycles. The number of ether oxygens (including phenoxy) is 2. The highest BCUT2D eigenvalue weighted by Gasteiger charge is 2.66. The van der Waals surface area contributed by atoms with Crippen LogP contribution in [0.3, 0.4) is 0 Å². The van der Waals surface area contributed by atoms with Crippen LogP contribution in [0.15, 0.2) is 96.1 Å². The third-order valence-electron chi connectivity index (χ3n) is 12.2. The second-order valence-corrected chi connectivity index (χ2v) is 21.2. The molecule has 0 unspecified atom stereocenters. The van der Waals surface area contributed by atoms with Gasteiger partial charge in [0.2, 0.25) is 11.8 Å². The molecule has 0 bridgehead atoms. The molecule has 2 saturated heterocycles. The van der Waals surface area contributed by atoms with Crippen LogP contribution in [0.5, 0.6) is 5.75 Å². The Morgan fingerprint density at radius 3 is 2.41 bits per heavy atom. The lowest BCUT2D eigenvalue weighted by Gasteiger charge is -2.37. The zero-order chi connectivity index (χ0) is 40.2. The van der Waals surface area contributed by atoms with Crippen LogP contribution in [0.1, 0.15) is 70.9 Å². The quantitative estimate of drug-likeness (QED) is 0.127. The zero-order valence-electron chi connectivity index (χ0n) is 34.2. The molecule has 3 heterocycles. The monoisotopic (exact) mass is 777 g/mol. The Bertz CT molecular complexity index is 1960. The number of carbonyl (C=O) groups excluding carboxylic acids is 3. The number of aliphatic hydroxyl groups excluding tert-OH is 1. The van der Waals surface area contributed by atoms with Gasteiger partial charge in [-0.3, -0.25) is 14.4 Å². The molecule has 0 radical (unpaired) electrons. The predicted molar refractivity (Wildman–Crippen MR) is 226 cm³/mol. The number of hydrogen-bond acceptors (Lipinski definition) is 6. The Balaban J connectivity index is 1.44. The topological polar surface area (TPSA) is 99.6 Å². The standard InChI is InChI=1S/C46H59N3O6Si/c1-32(2)13-11-14-33(3)24-26-49-40-23-18-36(48-25-12-17-42(48)51)29-39(40)46(45(49)53)34(4)44(56(6,7)38-21-19-37(54-5)20-22-38)41(55-46)30-43(52)47(27-28-50)31-35-15-9-8-10-16-35/h8-10,13,15-16,18-24,29,34,41,44,50H,11-12,14,17,25-28,30-31H2,1-7H3/b33-24+/t34-,41+,44-,46+/m1/s1. The number of methoxy groups -OCH3 is 1. The molecule has 9 nitrogen and oxygen atoms in total. The van der Waals surface area contributed by atoms with Crippen LogP contribution in [0.4, 0.5) is 11.4 Å². The second kappa shape index (κ2) is 17.3. The molecule has 4 atom stereocenters. The average Bonchev–Trinajstić information content (AvgIpc) is 3.81. The summed E-state index contributed by atoms with van der Waals surface area (Å²) in [6, 6.07) is 23.9. The molecular formula is C46H59N3O6Si. The van der Waals surface area contributed by atoms with Crippen molar-refractivity contribution in [1.29, 1.82) is 0 Å². The maximum atomic E-state index is 15.4. The van der Waals surface area contributed by atoms with Crippen molar-refractivity contribution in [3.8, 4) is 5.75 Å². The van der Waals surface area contributed by atoms with Crippen LogP contribution in [-0.4, -0.2) is 75.3 Å². The molecule has 3 amide bonds. The van der Waals surface area contributed by atoms with Crippen LogP contribution in [0.25, 0.3) is 0 Å². The van der Waals surface area contributed by atoms with Gasteiger partial charge in [-0.05, 0) is 81.5 Å². The van der Waals surface area contributed by atoms with E-state index in [1.807, 2.05) is 70.5 Å². The number of carbonyl (C=O) groups is 3. The van der Waals surface area contributed by atoms with Gasteiger partial charge in [0.1, 0.15) is 5.75 Å². The summed E-state index contributed by atoms with van der Waals surface area (Å²) in [4.78, 5) is 48.2. The molecular weight excluding hydrogens is 719 g/mol. The van der Waals surface area contributed by atoms with Crippen LogP contribution >= 0.6 is 0 Å². The van der Waals surface area contributed by atoms with Gasteiger partial charge in [0.25, 0.3) is 5.91 Å². The number of hydrogen-bond donors (Lipinski definition) is 1. The third kappa shape index (κ3) is 8.15. The van der Waals surface area contributed by atoms with E-state index < -0.39 is 19.8 Å². The maximum absolute atomic E-state index is 15.4. The minimum atomic E-state index is -2.53. The number of fused-ring (bicyclic) bond motifs is 2. The zero-order valence-corrected chi connectivity index (χ0v) is 35.2. The van der Waals surface area contributed by atoms with Gasteiger partial charge < -0.3 is 29.3 Å². The van der Waals surface area contributed by atoms with Gasteiger partial charge in [-0.2, -0.15) is 0 Å². The highest BCUT2D eigenvalue weighted by molar-refractivity contribution is 6.91. The Morgan fingerprint density at radius 1 is 1.04 bits per heavy atom. The number of allylic oxidation sites excluding steroid dienone is 3. The largest absolute Gasteiger partial charge is 0.497 e. The van der Waals surface area contributed by atoms with E-state index >= 15 is 4.79 Å². The SMILES string of the molecule is COc1ccc([Si](C)(C)[C@H]2[C@H](CC(=O)N(CCO)Cc3ccccc3)O[C@@]3(C(=O)N(C/C=C(\C)CCC=C(C)C)c4ccc(N5CCCC5=O)cc43)[C@@H]2C)cc1. The predicted octanol–water partition coefficient (Wildman–Crippen LogP) is 7.49. The molecule has 56 heavy (non-hydrogen) atoms. The summed E-state index contributed by atoms with van der Waals surface area (Å²) in [5, 5.41) is 11.2. The van der Waals surface area contributed by atoms with E-state index in [0.717, 1.165) is 47.5 Å². The van der Waals surface area contributed by atoms with Crippen molar-refractivity contribution in [2.75, 3.05) is 43.2 Å². The van der Waals surface area contributed by atoms with Gasteiger partial charge in [0.05, 0.1) is 40.0 Å². The average molecular weight is 778 g/mol. The van der Waals surface area contributed by atoms with E-state index in [9.17, 15) is 14.7 Å². The fourth-order valence-corrected chi connectivity index (χ4v) is 13.2. The van der Waals surface area contributed by atoms with Crippen molar-refractivity contribution in [3.05, 3.63) is 107 Å². The first-order valence-electron chi connectivity index (χ1n) is 20.1. The summed E-state index contributed by atoms with van der Waals surface area (Å²) in [6.07, 6.45) is 6.97. The summed E-state index contributed by atoms with van der Waals surface area (Å²) in [6.45, 7) is 14.5. The Kier molecular flexibility index (Phi) is 12.7. The van der Waals surface area contributed by atoms with E-state index in [0.29, 0.717) is 26.1 Å². The van der Waals surface area contributed by atoms with Crippen molar-refractivity contribution in [2.24, 2.45) is 5.92 Å². The number of nitrogens with zero attached hydrogens (tertiary/aromatic N) is 3. The number of benzene rings is 3. The molecule has 3 aliphatic rings. The first kappa shape index (κ1) is 41.1. The summed E-state index contributed by atoms with van der Waals surface area (Å²) in [7, 11) is -0.878. The van der Waals surface area contributed by atoms with Gasteiger partial charge >= 0.3 is 0 Å². The molecule has 2 fully saturated rings. The maximum Gasteiger partial charge on any atom is 0.264 e. The minimum absolute atomic E-state index is 0.0620. The van der Waals surface area contributed by atoms with E-state index in [1.54, 1.807) is 12.0 Å². The molecule has 0 aromatic heterocycles. The van der Waals surface area contributed by atoms with Crippen LogP contribution in [0.2, 0.25) is 18.6 Å². The van der Waals surface area contributed by atoms with Crippen molar-refractivity contribution in [3.63, 3.8) is 0 Å². The van der Waals surface area contributed by atoms with Gasteiger partial charge in [-0.1, -0.05) is 91.0 Å². The Labute approximate surface area is 334 Å². The minimum Gasteiger partial charge on any atom is -0.497 e. The normalized spacial score (nSPS) is 22.2. The lowest BCUT2D eigenvalue weighted by Crippen LogP contribution is -2.52. The fourth-order valence-electron chi connectivity index (χ4n) is 9.23. The number of amides is 3. The van der Waals surface area contributed by atoms with Crippen molar-refractivity contribution < 1.29 is 29.0 Å². The third-order valence-corrected chi connectivity index (χ3v) is 16.6. The molecule has 3 aromatic rings. The number of rotatable bonds is 15. The highest BCUT2D eigenvalue weighted by Crippen LogP contribution is 2.60. The summed E-state index contributed by atoms with van der Waals surface area (Å²) >= 11 is 0. The van der Waals surface area contributed by atoms with E-state index in [-0.39, 0.29) is 48.8 Å². The summed E-state index contributed by atoms with van der Waals surface area (Å²) in [5.74, 6) is 0.270. The van der Waals surface area contributed by atoms with E-state index in [4.69, 9.17) is 9.47 Å². The summed E-state index contributed by atoms with van der Waals surface area (Å²) < 4.78 is 12.8. The van der Waals surface area contributed by atoms with Crippen LogP contribution in [-0.2, 0) is 31.3 Å². The molecule has 3 aromatic carbocycles. The number of aliphatic hydroxyl groups is 1. The van der Waals surface area contributed by atoms with Crippen molar-refractivity contribution in [2.45, 2.75) is 96.7 Å². The molecule has 298 valence electrons. The second-order valence-electron chi connectivity index (χ2n) is 16.5. The van der Waals surface area contributed by atoms with Crippen LogP contribution in [0, 0.1) is 5.92 Å². The molecule has 1 N–H and O–H groups in total. The fraction of sp³-hybridized carbons (Fsp3) is 0.457. The van der Waals surface area contributed by atoms with Gasteiger partial charge in [0, 0.05) is 49.8 Å². The van der Waals surface area contributed by atoms with Gasteiger partial charge in [-0.25, -0.2) is 0 Å². The lowest BCUT2D eigenvalue weighted by molar-refractivity contribution is -0.149. The van der Waals surface area contributed by atoms with E-state index in [1.165, 1.54) is 16.3 Å². The first-order chi connectivity index (χ1) is 26.8. The molecule has 3 aliphatic heterocycles. The molecule has 6 rings (SSSR count). The van der Waals surface area contributed by atoms with Crippen molar-refractivity contribution in [1.82, 2.24) is 4.90 Å². The molecule has 0 saturated carbocycles. The van der Waals surface area contributed by atoms with Crippen LogP contribution < -0.4 is 19.7 Å². The molecule has 1 spiro atoms. The highest BCUT2D eigenvalue weighted by atomic mass is 28.3. The van der Waals surface area contributed by atoms with E-state index in [2.05, 4.69) is 65.1 Å². The van der Waals surface area contributed by atoms with Gasteiger partial charge in [0.15, 0.2) is 5.60 Å². The lowest BCUT2D eigenvalue weighted by atomic mass is 9.82. The first-order valence-corrected chi connectivity index (χ1v) is 23.2. The summed E-state index contributed by atoms with van der Waals surface area (Å²) in [5.41, 5.74) is 4.25. The Hall–Kier alpha value is -4.51. The Morgan fingerprint density at radius 2 is 1.77 bits per heavy atom.